The van der Waals surface area contributed by atoms with Crippen molar-refractivity contribution in [3.8, 4) is 0 Å². The van der Waals surface area contributed by atoms with Crippen molar-refractivity contribution in [2.45, 2.75) is 0 Å². The number of aromatic carboxylic acids is 3. The zero-order chi connectivity index (χ0) is 33.7. The maximum absolute atomic E-state index is 10.6. The summed E-state index contributed by atoms with van der Waals surface area (Å²) in [6, 6.07) is 14.7. The van der Waals surface area contributed by atoms with Crippen LogP contribution in [0.15, 0.2) is 54.6 Å². The van der Waals surface area contributed by atoms with Crippen LogP contribution < -0.4 is 0 Å². The van der Waals surface area contributed by atoms with E-state index in [-0.39, 0.29) is 16.7 Å². The second-order valence-corrected chi connectivity index (χ2v) is 5.28. The molecule has 0 fully saturated rings. The van der Waals surface area contributed by atoms with Crippen LogP contribution >= 0.6 is 0 Å². The number of hydrogen-bond donors (Lipinski definition) is 13. The minimum Gasteiger partial charge on any atom is -0.478 e. The van der Waals surface area contributed by atoms with Crippen molar-refractivity contribution in [3.63, 3.8) is 0 Å². The second kappa shape index (κ2) is 27.8. The summed E-state index contributed by atoms with van der Waals surface area (Å²) in [4.78, 5) is 74.5. The quantitative estimate of drug-likeness (QED) is 0.240. The van der Waals surface area contributed by atoms with E-state index in [4.69, 9.17) is 90.4 Å². The third-order valence-electron chi connectivity index (χ3n) is 2.34. The van der Waals surface area contributed by atoms with Crippen LogP contribution in [-0.4, -0.2) is 115 Å². The Kier molecular flexibility index (Phi) is 30.0. The van der Waals surface area contributed by atoms with Gasteiger partial charge in [-0.1, -0.05) is 36.4 Å². The van der Waals surface area contributed by atoms with E-state index in [0.717, 1.165) is 18.2 Å². The van der Waals surface area contributed by atoms with Gasteiger partial charge in [0.2, 0.25) is 0 Å². The Morgan fingerprint density at radius 2 is 0.390 bits per heavy atom. The van der Waals surface area contributed by atoms with Crippen LogP contribution in [-0.2, 0) is 0 Å². The van der Waals surface area contributed by atoms with E-state index in [9.17, 15) is 14.4 Å². The first-order valence-electron chi connectivity index (χ1n) is 9.02. The summed E-state index contributed by atoms with van der Waals surface area (Å²) in [5.41, 5.74) is -1.10. The molecule has 0 saturated heterocycles. The molecule has 0 heterocycles. The fourth-order valence-electron chi connectivity index (χ4n) is 1.38. The lowest BCUT2D eigenvalue weighted by Gasteiger charge is -2.00. The smallest absolute Gasteiger partial charge is 0.478 e. The van der Waals surface area contributed by atoms with Gasteiger partial charge in [-0.3, -0.25) is 0 Å². The first-order chi connectivity index (χ1) is 18.6. The molecule has 0 atom stereocenters. The van der Waals surface area contributed by atoms with Gasteiger partial charge in [0.1, 0.15) is 0 Å². The molecule has 0 amide bonds. The van der Waals surface area contributed by atoms with Crippen molar-refractivity contribution in [2.24, 2.45) is 0 Å². The van der Waals surface area contributed by atoms with Crippen LogP contribution in [0, 0.1) is 0 Å². The van der Waals surface area contributed by atoms with Crippen molar-refractivity contribution in [2.75, 3.05) is 0 Å². The number of carbonyl (C=O) groups is 8. The van der Waals surface area contributed by atoms with Gasteiger partial charge in [-0.05, 0) is 18.2 Å². The Balaban J connectivity index is -0.000000138. The van der Waals surface area contributed by atoms with Crippen LogP contribution in [0.4, 0.5) is 24.0 Å². The van der Waals surface area contributed by atoms with Crippen molar-refractivity contribution >= 4 is 48.7 Å². The van der Waals surface area contributed by atoms with Gasteiger partial charge in [-0.15, -0.1) is 0 Å². The largest absolute Gasteiger partial charge is 0.503 e. The van der Waals surface area contributed by atoms with Gasteiger partial charge >= 0.3 is 48.7 Å². The fraction of sp³-hybridized carbons (Fsp3) is 0. The lowest BCUT2D eigenvalue weighted by Crippen LogP contribution is -2.07. The summed E-state index contributed by atoms with van der Waals surface area (Å²) >= 11 is 0. The minimum absolute atomic E-state index is 0.368. The van der Waals surface area contributed by atoms with E-state index in [0.29, 0.717) is 0 Å². The monoisotopic (exact) mass is 598 g/mol. The predicted octanol–water partition coefficient (Wildman–Crippen LogP) is 3.58. The summed E-state index contributed by atoms with van der Waals surface area (Å²) in [7, 11) is 0. The number of rotatable bonds is 3. The summed E-state index contributed by atoms with van der Waals surface area (Å²) in [5, 5.41) is 95.6. The van der Waals surface area contributed by atoms with E-state index >= 15 is 0 Å². The topological polar surface area (TPSA) is 400 Å². The highest BCUT2D eigenvalue weighted by Gasteiger charge is 2.14. The standard InChI is InChI=1S/C9H6O6.C6H6.5CH2O3/c10-7(11)4-1-5(8(12)13)3-6(2-4)9(14)15;1-2-4-6-5-3-1;5*2-1(3)4/h1-3H,(H,10,11)(H,12,13)(H,14,15);1-6H;5*(H2,2,3,4). The van der Waals surface area contributed by atoms with Gasteiger partial charge in [0.25, 0.3) is 0 Å². The van der Waals surface area contributed by atoms with E-state index in [1.165, 1.54) is 0 Å². The molecule has 13 N–H and O–H groups in total. The molecule has 21 nitrogen and oxygen atoms in total. The van der Waals surface area contributed by atoms with Gasteiger partial charge < -0.3 is 66.4 Å². The Morgan fingerprint density at radius 1 is 0.293 bits per heavy atom. The normalized spacial score (nSPS) is 7.61. The number of benzene rings is 2. The third kappa shape index (κ3) is 60.0. The first kappa shape index (κ1) is 44.2. The summed E-state index contributed by atoms with van der Waals surface area (Å²) in [6.45, 7) is 0. The molecule has 0 spiro atoms. The number of carboxylic acids is 3. The average Bonchev–Trinajstić information content (AvgIpc) is 2.78. The molecule has 0 aliphatic carbocycles. The molecule has 41 heavy (non-hydrogen) atoms. The molecule has 0 bridgehead atoms. The van der Waals surface area contributed by atoms with Gasteiger partial charge in [0, 0.05) is 0 Å². The Labute approximate surface area is 225 Å². The highest BCUT2D eigenvalue weighted by atomic mass is 16.6. The summed E-state index contributed by atoms with van der Waals surface area (Å²) < 4.78 is 0. The zero-order valence-electron chi connectivity index (χ0n) is 19.8. The van der Waals surface area contributed by atoms with Crippen molar-refractivity contribution in [1.82, 2.24) is 0 Å². The summed E-state index contributed by atoms with van der Waals surface area (Å²) in [6.07, 6.45) is -9.17. The molecular formula is C20H22O21. The van der Waals surface area contributed by atoms with Gasteiger partial charge in [0.15, 0.2) is 0 Å². The van der Waals surface area contributed by atoms with Crippen LogP contribution in [0.2, 0.25) is 0 Å². The van der Waals surface area contributed by atoms with Crippen LogP contribution in [0.25, 0.3) is 0 Å². The molecule has 21 heteroatoms. The van der Waals surface area contributed by atoms with Gasteiger partial charge in [0.05, 0.1) is 16.7 Å². The highest BCUT2D eigenvalue weighted by Crippen LogP contribution is 2.11. The lowest BCUT2D eigenvalue weighted by molar-refractivity contribution is 0.0695. The van der Waals surface area contributed by atoms with Gasteiger partial charge in [-0.25, -0.2) is 38.4 Å². The van der Waals surface area contributed by atoms with Crippen molar-refractivity contribution in [3.05, 3.63) is 71.3 Å². The number of hydrogen-bond acceptors (Lipinski definition) is 8. The molecular weight excluding hydrogens is 576 g/mol. The maximum Gasteiger partial charge on any atom is 0.503 e. The minimum atomic E-state index is -1.83. The van der Waals surface area contributed by atoms with Crippen LogP contribution in [0.1, 0.15) is 31.1 Å². The molecule has 0 aliphatic rings. The molecule has 2 aromatic carbocycles. The Bertz CT molecular complexity index is 914. The van der Waals surface area contributed by atoms with E-state index in [1.807, 2.05) is 36.4 Å². The van der Waals surface area contributed by atoms with Crippen LogP contribution in [0.3, 0.4) is 0 Å². The molecule has 228 valence electrons. The molecule has 0 aliphatic heterocycles. The molecule has 0 aromatic heterocycles. The SMILES string of the molecule is O=C(O)O.O=C(O)O.O=C(O)O.O=C(O)O.O=C(O)O.O=C(O)c1cc(C(=O)O)cc(C(=O)O)c1.c1ccccc1. The van der Waals surface area contributed by atoms with Crippen molar-refractivity contribution in [1.29, 1.82) is 0 Å². The average molecular weight is 598 g/mol. The Hall–Kier alpha value is -6.80. The van der Waals surface area contributed by atoms with E-state index < -0.39 is 48.7 Å². The first-order valence-corrected chi connectivity index (χ1v) is 9.02. The molecule has 2 aromatic rings. The molecule has 0 unspecified atom stereocenters. The van der Waals surface area contributed by atoms with Crippen LogP contribution in [0.5, 0.6) is 0 Å². The van der Waals surface area contributed by atoms with Crippen molar-refractivity contribution < 1.29 is 105 Å². The fourth-order valence-corrected chi connectivity index (χ4v) is 1.38. The number of carboxylic acid groups (broad SMARTS) is 13. The maximum atomic E-state index is 10.6. The molecule has 2 rings (SSSR count). The third-order valence-corrected chi connectivity index (χ3v) is 2.34. The molecule has 0 radical (unpaired) electrons. The molecule has 0 saturated carbocycles. The zero-order valence-corrected chi connectivity index (χ0v) is 19.8. The summed E-state index contributed by atoms with van der Waals surface area (Å²) in [5.74, 6) is -4.12. The van der Waals surface area contributed by atoms with E-state index in [2.05, 4.69) is 0 Å². The highest BCUT2D eigenvalue weighted by molar-refractivity contribution is 5.98. The Morgan fingerprint density at radius 3 is 0.463 bits per heavy atom. The second-order valence-electron chi connectivity index (χ2n) is 5.28. The van der Waals surface area contributed by atoms with E-state index in [1.54, 1.807) is 0 Å². The lowest BCUT2D eigenvalue weighted by atomic mass is 10.1. The predicted molar refractivity (Wildman–Crippen MR) is 127 cm³/mol. The van der Waals surface area contributed by atoms with Gasteiger partial charge in [-0.2, -0.15) is 0 Å².